The van der Waals surface area contributed by atoms with Crippen LogP contribution in [0.25, 0.3) is 0 Å². The quantitative estimate of drug-likeness (QED) is 0.849. The van der Waals surface area contributed by atoms with Gasteiger partial charge in [-0.2, -0.15) is 5.26 Å². The predicted octanol–water partition coefficient (Wildman–Crippen LogP) is 2.67. The molecule has 2 aromatic carbocycles. The van der Waals surface area contributed by atoms with Crippen molar-refractivity contribution in [3.8, 4) is 6.07 Å². The first-order valence-corrected chi connectivity index (χ1v) is 10.3. The Bertz CT molecular complexity index is 925. The summed E-state index contributed by atoms with van der Waals surface area (Å²) in [7, 11) is -3.59. The third-order valence-electron chi connectivity index (χ3n) is 4.73. The minimum absolute atomic E-state index is 0.218. The van der Waals surface area contributed by atoms with Crippen molar-refractivity contribution in [2.75, 3.05) is 5.75 Å². The minimum atomic E-state index is -3.59. The highest BCUT2D eigenvalue weighted by Crippen LogP contribution is 2.41. The van der Waals surface area contributed by atoms with Gasteiger partial charge in [0.1, 0.15) is 5.75 Å². The summed E-state index contributed by atoms with van der Waals surface area (Å²) in [6.07, 6.45) is 2.64. The summed E-state index contributed by atoms with van der Waals surface area (Å²) in [5.41, 5.74) is 1.61. The van der Waals surface area contributed by atoms with Crippen LogP contribution in [0.4, 0.5) is 0 Å². The van der Waals surface area contributed by atoms with Crippen LogP contribution in [0.1, 0.15) is 36.0 Å². The van der Waals surface area contributed by atoms with Crippen LogP contribution in [-0.2, 0) is 25.9 Å². The van der Waals surface area contributed by atoms with Gasteiger partial charge in [-0.05, 0) is 42.5 Å². The molecule has 0 unspecified atom stereocenters. The molecule has 0 saturated heterocycles. The molecule has 26 heavy (non-hydrogen) atoms. The van der Waals surface area contributed by atoms with E-state index in [4.69, 9.17) is 5.26 Å². The Morgan fingerprint density at radius 3 is 2.27 bits per heavy atom. The molecule has 1 aliphatic carbocycles. The van der Waals surface area contributed by atoms with E-state index in [0.29, 0.717) is 11.1 Å². The van der Waals surface area contributed by atoms with Gasteiger partial charge >= 0.3 is 0 Å². The number of amides is 1. The monoisotopic (exact) mass is 368 g/mol. The third-order valence-corrected chi connectivity index (χ3v) is 6.21. The molecular weight excluding hydrogens is 348 g/mol. The van der Waals surface area contributed by atoms with Crippen molar-refractivity contribution in [3.05, 3.63) is 71.3 Å². The molecule has 2 aromatic rings. The molecule has 5 nitrogen and oxygen atoms in total. The van der Waals surface area contributed by atoms with Gasteiger partial charge in [0, 0.05) is 0 Å². The fourth-order valence-corrected chi connectivity index (χ4v) is 4.53. The zero-order valence-corrected chi connectivity index (χ0v) is 15.1. The van der Waals surface area contributed by atoms with Crippen molar-refractivity contribution in [2.45, 2.75) is 30.6 Å². The van der Waals surface area contributed by atoms with Crippen molar-refractivity contribution in [2.24, 2.45) is 0 Å². The van der Waals surface area contributed by atoms with Gasteiger partial charge in [-0.3, -0.25) is 4.79 Å². The SMILES string of the molecule is N#Cc1ccc(CS(=O)(=O)CC(=O)NC2(c3ccccc3)CCC2)cc1. The van der Waals surface area contributed by atoms with E-state index >= 15 is 0 Å². The lowest BCUT2D eigenvalue weighted by Crippen LogP contribution is -2.52. The van der Waals surface area contributed by atoms with Gasteiger partial charge in [0.15, 0.2) is 9.84 Å². The Hall–Kier alpha value is -2.65. The first kappa shape index (κ1) is 18.2. The Morgan fingerprint density at radius 1 is 1.08 bits per heavy atom. The van der Waals surface area contributed by atoms with E-state index in [9.17, 15) is 13.2 Å². The number of carbonyl (C=O) groups is 1. The van der Waals surface area contributed by atoms with Crippen molar-refractivity contribution in [1.29, 1.82) is 5.26 Å². The van der Waals surface area contributed by atoms with Crippen LogP contribution in [0.2, 0.25) is 0 Å². The van der Waals surface area contributed by atoms with Crippen molar-refractivity contribution < 1.29 is 13.2 Å². The van der Waals surface area contributed by atoms with Crippen molar-refractivity contribution in [1.82, 2.24) is 5.32 Å². The van der Waals surface area contributed by atoms with Gasteiger partial charge in [0.05, 0.1) is 22.9 Å². The summed E-state index contributed by atoms with van der Waals surface area (Å²) in [5, 5.41) is 11.7. The molecule has 1 aliphatic rings. The van der Waals surface area contributed by atoms with E-state index in [0.717, 1.165) is 24.8 Å². The highest BCUT2D eigenvalue weighted by Gasteiger charge is 2.40. The molecule has 1 amide bonds. The highest BCUT2D eigenvalue weighted by atomic mass is 32.2. The van der Waals surface area contributed by atoms with Gasteiger partial charge in [-0.1, -0.05) is 42.5 Å². The minimum Gasteiger partial charge on any atom is -0.346 e. The maximum atomic E-state index is 12.4. The molecule has 134 valence electrons. The molecule has 0 aliphatic heterocycles. The summed E-state index contributed by atoms with van der Waals surface area (Å²) < 4.78 is 24.7. The molecule has 0 bridgehead atoms. The molecule has 0 aromatic heterocycles. The summed E-state index contributed by atoms with van der Waals surface area (Å²) in [6, 6.07) is 18.0. The number of rotatable bonds is 6. The Morgan fingerprint density at radius 2 is 1.73 bits per heavy atom. The van der Waals surface area contributed by atoms with E-state index in [1.165, 1.54) is 0 Å². The van der Waals surface area contributed by atoms with Crippen LogP contribution in [0.5, 0.6) is 0 Å². The first-order valence-electron chi connectivity index (χ1n) is 8.48. The number of nitrogens with one attached hydrogen (secondary N) is 1. The fraction of sp³-hybridized carbons (Fsp3) is 0.300. The van der Waals surface area contributed by atoms with Crippen LogP contribution in [0.3, 0.4) is 0 Å². The number of benzene rings is 2. The fourth-order valence-electron chi connectivity index (χ4n) is 3.26. The number of hydrogen-bond donors (Lipinski definition) is 1. The lowest BCUT2D eigenvalue weighted by molar-refractivity contribution is -0.121. The van der Waals surface area contributed by atoms with Crippen molar-refractivity contribution >= 4 is 15.7 Å². The molecule has 0 heterocycles. The van der Waals surface area contributed by atoms with Crippen LogP contribution in [-0.4, -0.2) is 20.1 Å². The highest BCUT2D eigenvalue weighted by molar-refractivity contribution is 7.91. The summed E-state index contributed by atoms with van der Waals surface area (Å²) in [6.45, 7) is 0. The number of sulfone groups is 1. The molecule has 1 saturated carbocycles. The van der Waals surface area contributed by atoms with E-state index in [1.807, 2.05) is 36.4 Å². The Balaban J connectivity index is 1.65. The summed E-state index contributed by atoms with van der Waals surface area (Å²) >= 11 is 0. The molecule has 0 radical (unpaired) electrons. The Labute approximate surface area is 153 Å². The molecular formula is C20H20N2O3S. The lowest BCUT2D eigenvalue weighted by atomic mass is 9.72. The van der Waals surface area contributed by atoms with Crippen LogP contribution in [0.15, 0.2) is 54.6 Å². The van der Waals surface area contributed by atoms with E-state index < -0.39 is 27.0 Å². The van der Waals surface area contributed by atoms with Crippen LogP contribution in [0, 0.1) is 11.3 Å². The lowest BCUT2D eigenvalue weighted by Gasteiger charge is -2.43. The Kier molecular flexibility index (Phi) is 5.10. The van der Waals surface area contributed by atoms with Crippen molar-refractivity contribution in [3.63, 3.8) is 0 Å². The average Bonchev–Trinajstić information content (AvgIpc) is 2.59. The zero-order valence-electron chi connectivity index (χ0n) is 14.3. The summed E-state index contributed by atoms with van der Waals surface area (Å²) in [5.74, 6) is -1.23. The number of nitriles is 1. The van der Waals surface area contributed by atoms with E-state index in [2.05, 4.69) is 5.32 Å². The number of carbonyl (C=O) groups excluding carboxylic acids is 1. The van der Waals surface area contributed by atoms with Crippen LogP contribution >= 0.6 is 0 Å². The maximum absolute atomic E-state index is 12.4. The van der Waals surface area contributed by atoms with Crippen LogP contribution < -0.4 is 5.32 Å². The zero-order chi connectivity index (χ0) is 18.6. The molecule has 0 spiro atoms. The first-order chi connectivity index (χ1) is 12.4. The number of nitrogens with zero attached hydrogens (tertiary/aromatic N) is 1. The normalized spacial score (nSPS) is 15.5. The molecule has 1 fully saturated rings. The van der Waals surface area contributed by atoms with E-state index in [1.54, 1.807) is 24.3 Å². The molecule has 6 heteroatoms. The smallest absolute Gasteiger partial charge is 0.235 e. The van der Waals surface area contributed by atoms with Gasteiger partial charge < -0.3 is 5.32 Å². The summed E-state index contributed by atoms with van der Waals surface area (Å²) in [4.78, 5) is 12.4. The second-order valence-corrected chi connectivity index (χ2v) is 8.76. The second-order valence-electron chi connectivity index (χ2n) is 6.69. The topological polar surface area (TPSA) is 87.0 Å². The largest absolute Gasteiger partial charge is 0.346 e. The van der Waals surface area contributed by atoms with Gasteiger partial charge in [0.25, 0.3) is 0 Å². The molecule has 0 atom stereocenters. The van der Waals surface area contributed by atoms with Gasteiger partial charge in [-0.15, -0.1) is 0 Å². The standard InChI is InChI=1S/C20H20N2O3S/c21-13-16-7-9-17(10-8-16)14-26(24,25)15-19(23)22-20(11-4-12-20)18-5-2-1-3-6-18/h1-3,5-10H,4,11-12,14-15H2,(H,22,23). The third kappa shape index (κ3) is 4.12. The van der Waals surface area contributed by atoms with Gasteiger partial charge in [-0.25, -0.2) is 8.42 Å². The molecule has 3 rings (SSSR count). The number of hydrogen-bond acceptors (Lipinski definition) is 4. The predicted molar refractivity (Wildman–Crippen MR) is 98.8 cm³/mol. The second kappa shape index (κ2) is 7.30. The maximum Gasteiger partial charge on any atom is 0.235 e. The molecule has 1 N–H and O–H groups in total. The van der Waals surface area contributed by atoms with Gasteiger partial charge in [0.2, 0.25) is 5.91 Å². The van der Waals surface area contributed by atoms with E-state index in [-0.39, 0.29) is 5.75 Å². The average molecular weight is 368 g/mol.